The molecule has 1 aromatic rings. The quantitative estimate of drug-likeness (QED) is 0.585. The summed E-state index contributed by atoms with van der Waals surface area (Å²) in [6, 6.07) is 6.40. The number of nitrogens with one attached hydrogen (secondary N) is 1. The molecule has 0 aliphatic carbocycles. The van der Waals surface area contributed by atoms with E-state index in [0.717, 1.165) is 30.5 Å². The van der Waals surface area contributed by atoms with Crippen molar-refractivity contribution in [3.63, 3.8) is 0 Å². The Kier molecular flexibility index (Phi) is 4.67. The molecule has 1 amide bonds. The molecule has 4 rings (SSSR count). The number of piperidine rings is 2. The summed E-state index contributed by atoms with van der Waals surface area (Å²) in [5.41, 5.74) is 11.6. The van der Waals surface area contributed by atoms with Gasteiger partial charge in [0.15, 0.2) is 11.8 Å². The Balaban J connectivity index is 1.71. The molecular formula is C19H26N4O4. The second kappa shape index (κ2) is 6.87. The largest absolute Gasteiger partial charge is 0.370 e. The molecule has 0 unspecified atom stereocenters. The van der Waals surface area contributed by atoms with Crippen LogP contribution >= 0.6 is 0 Å². The van der Waals surface area contributed by atoms with Gasteiger partial charge in [0.1, 0.15) is 5.78 Å². The van der Waals surface area contributed by atoms with Crippen LogP contribution in [0.1, 0.15) is 44.1 Å². The predicted molar refractivity (Wildman–Crippen MR) is 98.1 cm³/mol. The van der Waals surface area contributed by atoms with E-state index in [9.17, 15) is 14.7 Å². The molecule has 0 saturated carbocycles. The van der Waals surface area contributed by atoms with Crippen LogP contribution in [0.2, 0.25) is 0 Å². The number of ketones is 1. The van der Waals surface area contributed by atoms with E-state index in [1.54, 1.807) is 0 Å². The fourth-order valence-electron chi connectivity index (χ4n) is 4.65. The number of para-hydroxylation sites is 1. The van der Waals surface area contributed by atoms with Crippen molar-refractivity contribution in [2.45, 2.75) is 68.5 Å². The summed E-state index contributed by atoms with van der Waals surface area (Å²) in [5.74, 6) is -0.401. The fraction of sp³-hybridized carbons (Fsp3) is 0.579. The highest BCUT2D eigenvalue weighted by atomic mass is 16.7. The molecule has 3 aliphatic rings. The molecule has 2 saturated heterocycles. The predicted octanol–water partition coefficient (Wildman–Crippen LogP) is 0.346. The van der Waals surface area contributed by atoms with Gasteiger partial charge in [0.05, 0.1) is 6.04 Å². The van der Waals surface area contributed by atoms with E-state index in [-0.39, 0.29) is 24.3 Å². The van der Waals surface area contributed by atoms with Crippen LogP contribution in [0.4, 0.5) is 5.69 Å². The van der Waals surface area contributed by atoms with Gasteiger partial charge in [-0.15, -0.1) is 0 Å². The summed E-state index contributed by atoms with van der Waals surface area (Å²) in [5, 5.41) is 15.8. The van der Waals surface area contributed by atoms with Gasteiger partial charge in [0, 0.05) is 42.6 Å². The van der Waals surface area contributed by atoms with Crippen LogP contribution in [-0.2, 0) is 20.0 Å². The van der Waals surface area contributed by atoms with Crippen LogP contribution in [-0.4, -0.2) is 46.2 Å². The van der Waals surface area contributed by atoms with Crippen molar-refractivity contribution < 1.29 is 19.5 Å². The summed E-state index contributed by atoms with van der Waals surface area (Å²) >= 11 is 0. The van der Waals surface area contributed by atoms with Crippen LogP contribution in [0.3, 0.4) is 0 Å². The van der Waals surface area contributed by atoms with Crippen LogP contribution in [0.25, 0.3) is 0 Å². The lowest BCUT2D eigenvalue weighted by molar-refractivity contribution is -0.322. The lowest BCUT2D eigenvalue weighted by Crippen LogP contribution is -2.59. The number of amides is 1. The molecular weight excluding hydrogens is 348 g/mol. The molecule has 146 valence electrons. The molecule has 0 spiro atoms. The van der Waals surface area contributed by atoms with Crippen LogP contribution in [0.5, 0.6) is 0 Å². The smallest absolute Gasteiger partial charge is 0.234 e. The first-order valence-electron chi connectivity index (χ1n) is 9.49. The Morgan fingerprint density at radius 3 is 2.67 bits per heavy atom. The second-order valence-corrected chi connectivity index (χ2v) is 7.83. The molecule has 5 atom stereocenters. The normalized spacial score (nSPS) is 34.0. The zero-order chi connectivity index (χ0) is 19.2. The molecule has 2 fully saturated rings. The van der Waals surface area contributed by atoms with Crippen LogP contribution < -0.4 is 16.8 Å². The van der Waals surface area contributed by atoms with E-state index in [4.69, 9.17) is 16.3 Å². The number of fused-ring (bicyclic) bond motifs is 3. The minimum atomic E-state index is -1.24. The number of hydroxylamine groups is 2. The average molecular weight is 374 g/mol. The Bertz CT molecular complexity index is 741. The topological polar surface area (TPSA) is 131 Å². The molecule has 1 aromatic carbocycles. The van der Waals surface area contributed by atoms with Crippen LogP contribution in [0, 0.1) is 0 Å². The Morgan fingerprint density at radius 1 is 1.33 bits per heavy atom. The third-order valence-electron chi connectivity index (χ3n) is 5.99. The zero-order valence-corrected chi connectivity index (χ0v) is 15.1. The highest BCUT2D eigenvalue weighted by Gasteiger charge is 2.53. The highest BCUT2D eigenvalue weighted by molar-refractivity contribution is 5.81. The molecule has 3 heterocycles. The van der Waals surface area contributed by atoms with Gasteiger partial charge < -0.3 is 21.9 Å². The third-order valence-corrected chi connectivity index (χ3v) is 5.99. The van der Waals surface area contributed by atoms with Crippen molar-refractivity contribution in [1.29, 1.82) is 0 Å². The van der Waals surface area contributed by atoms with Gasteiger partial charge in [-0.2, -0.15) is 5.06 Å². The van der Waals surface area contributed by atoms with Crippen molar-refractivity contribution in [1.82, 2.24) is 5.06 Å². The highest BCUT2D eigenvalue weighted by Crippen LogP contribution is 2.47. The number of hydrogen-bond donors (Lipinski definition) is 4. The number of aliphatic hydroxyl groups excluding tert-OH is 1. The maximum atomic E-state index is 12.0. The van der Waals surface area contributed by atoms with Crippen LogP contribution in [0.15, 0.2) is 24.3 Å². The van der Waals surface area contributed by atoms with Crippen molar-refractivity contribution >= 4 is 17.4 Å². The Morgan fingerprint density at radius 2 is 2.00 bits per heavy atom. The van der Waals surface area contributed by atoms with Gasteiger partial charge in [-0.25, -0.2) is 0 Å². The number of rotatable bonds is 5. The monoisotopic (exact) mass is 374 g/mol. The average Bonchev–Trinajstić information content (AvgIpc) is 2.88. The summed E-state index contributed by atoms with van der Waals surface area (Å²) < 4.78 is 0. The number of nitrogens with zero attached hydrogens (tertiary/aromatic N) is 1. The number of carbonyl (C=O) groups excluding carboxylic acids is 2. The fourth-order valence-corrected chi connectivity index (χ4v) is 4.65. The molecule has 6 N–H and O–H groups in total. The van der Waals surface area contributed by atoms with E-state index in [2.05, 4.69) is 5.32 Å². The molecule has 27 heavy (non-hydrogen) atoms. The summed E-state index contributed by atoms with van der Waals surface area (Å²) in [7, 11) is 0. The van der Waals surface area contributed by atoms with Crippen molar-refractivity contribution in [2.75, 3.05) is 5.32 Å². The van der Waals surface area contributed by atoms with Gasteiger partial charge in [0.2, 0.25) is 5.91 Å². The molecule has 0 radical (unpaired) electrons. The Hall–Kier alpha value is -2.00. The standard InChI is InChI=1S/C19H26N4O4/c20-15(17(21)25)10-19(14-6-1-2-7-16(14)22-18(19)26)27-23-11-4-3-5-12(23)9-13(24)8-11/h1-2,6-7,11-12,15,18,22,26H,3-5,8-10,20H2,(H2,21,25)/t11-,12+,15-,18+,19-/m0/s1. The summed E-state index contributed by atoms with van der Waals surface area (Å²) in [6.07, 6.45) is 2.62. The minimum absolute atomic E-state index is 0.0216. The maximum Gasteiger partial charge on any atom is 0.234 e. The number of nitrogens with two attached hydrogens (primary N) is 2. The number of hydrogen-bond acceptors (Lipinski definition) is 7. The summed E-state index contributed by atoms with van der Waals surface area (Å²) in [6.45, 7) is 0. The zero-order valence-electron chi connectivity index (χ0n) is 15.1. The van der Waals surface area contributed by atoms with E-state index in [1.165, 1.54) is 0 Å². The van der Waals surface area contributed by atoms with Gasteiger partial charge in [0.25, 0.3) is 0 Å². The van der Waals surface area contributed by atoms with E-state index < -0.39 is 23.8 Å². The maximum absolute atomic E-state index is 12.0. The van der Waals surface area contributed by atoms with Crippen molar-refractivity contribution in [3.05, 3.63) is 29.8 Å². The van der Waals surface area contributed by atoms with Gasteiger partial charge in [-0.3, -0.25) is 14.4 Å². The number of carbonyl (C=O) groups is 2. The first-order valence-corrected chi connectivity index (χ1v) is 9.49. The third kappa shape index (κ3) is 3.12. The molecule has 8 heteroatoms. The number of anilines is 1. The Labute approximate surface area is 157 Å². The lowest BCUT2D eigenvalue weighted by Gasteiger charge is -2.49. The van der Waals surface area contributed by atoms with Gasteiger partial charge >= 0.3 is 0 Å². The van der Waals surface area contributed by atoms with Gasteiger partial charge in [-0.1, -0.05) is 24.6 Å². The summed E-state index contributed by atoms with van der Waals surface area (Å²) in [4.78, 5) is 30.2. The van der Waals surface area contributed by atoms with Gasteiger partial charge in [-0.05, 0) is 18.9 Å². The molecule has 8 nitrogen and oxygen atoms in total. The van der Waals surface area contributed by atoms with Crippen molar-refractivity contribution in [2.24, 2.45) is 11.5 Å². The van der Waals surface area contributed by atoms with E-state index >= 15 is 0 Å². The lowest BCUT2D eigenvalue weighted by atomic mass is 9.84. The number of primary amides is 1. The SMILES string of the molecule is NC(=O)[C@@H](N)C[C@]1(ON2[C@@H]3CCC[C@H]2CC(=O)C3)c2ccccc2N[C@@H]1O. The minimum Gasteiger partial charge on any atom is -0.370 e. The van der Waals surface area contributed by atoms with Crippen molar-refractivity contribution in [3.8, 4) is 0 Å². The second-order valence-electron chi connectivity index (χ2n) is 7.83. The molecule has 0 aromatic heterocycles. The first-order chi connectivity index (χ1) is 12.9. The molecule has 2 bridgehead atoms. The van der Waals surface area contributed by atoms with E-state index in [0.29, 0.717) is 12.8 Å². The number of benzene rings is 1. The number of Topliss-reactive ketones (excluding diaryl/α,β-unsaturated/α-hetero) is 1. The first kappa shape index (κ1) is 18.4. The molecule has 3 aliphatic heterocycles. The number of aliphatic hydroxyl groups is 1. The van der Waals surface area contributed by atoms with E-state index in [1.807, 2.05) is 29.3 Å².